The van der Waals surface area contributed by atoms with E-state index in [4.69, 9.17) is 10.5 Å². The third-order valence-corrected chi connectivity index (χ3v) is 6.05. The van der Waals surface area contributed by atoms with Crippen molar-refractivity contribution in [3.63, 3.8) is 0 Å². The molecule has 1 atom stereocenters. The van der Waals surface area contributed by atoms with Crippen LogP contribution < -0.4 is 16.4 Å². The van der Waals surface area contributed by atoms with Gasteiger partial charge in [-0.05, 0) is 32.1 Å². The molecule has 8 nitrogen and oxygen atoms in total. The first-order valence-corrected chi connectivity index (χ1v) is 10.7. The van der Waals surface area contributed by atoms with Gasteiger partial charge in [0.15, 0.2) is 17.3 Å². The van der Waals surface area contributed by atoms with E-state index in [1.165, 1.54) is 0 Å². The van der Waals surface area contributed by atoms with Crippen LogP contribution in [-0.2, 0) is 4.74 Å². The number of benzene rings is 1. The summed E-state index contributed by atoms with van der Waals surface area (Å²) < 4.78 is 49.1. The van der Waals surface area contributed by atoms with Crippen molar-refractivity contribution >= 4 is 28.7 Å². The Labute approximate surface area is 189 Å². The van der Waals surface area contributed by atoms with E-state index in [9.17, 15) is 13.2 Å². The summed E-state index contributed by atoms with van der Waals surface area (Å²) in [5.41, 5.74) is 6.50. The number of rotatable bonds is 5. The van der Waals surface area contributed by atoms with Gasteiger partial charge < -0.3 is 21.1 Å². The van der Waals surface area contributed by atoms with Gasteiger partial charge in [-0.25, -0.2) is 23.1 Å². The van der Waals surface area contributed by atoms with Crippen LogP contribution in [0.15, 0.2) is 18.3 Å². The summed E-state index contributed by atoms with van der Waals surface area (Å²) in [7, 11) is 0. The number of aromatic nitrogens is 4. The Bertz CT molecular complexity index is 1100. The SMILES string of the molecule is C.NC1CCC(Nc2ncc3nc(Nc4c(F)cc(F)cc4F)n([C@H]4CCOC4)c3n2)CC1. The summed E-state index contributed by atoms with van der Waals surface area (Å²) in [6.07, 6.45) is 6.04. The monoisotopic (exact) mass is 463 g/mol. The largest absolute Gasteiger partial charge is 0.379 e. The zero-order valence-electron chi connectivity index (χ0n) is 17.3. The third kappa shape index (κ3) is 4.74. The molecule has 2 aromatic heterocycles. The minimum atomic E-state index is -1.05. The summed E-state index contributed by atoms with van der Waals surface area (Å²) >= 11 is 0. The average Bonchev–Trinajstić information content (AvgIpc) is 3.39. The summed E-state index contributed by atoms with van der Waals surface area (Å²) in [6.45, 7) is 0.976. The van der Waals surface area contributed by atoms with Crippen LogP contribution in [0.25, 0.3) is 11.2 Å². The second-order valence-corrected chi connectivity index (χ2v) is 8.35. The molecule has 1 aliphatic carbocycles. The Morgan fingerprint density at radius 3 is 2.42 bits per heavy atom. The summed E-state index contributed by atoms with van der Waals surface area (Å²) in [5.74, 6) is -2.44. The first-order chi connectivity index (χ1) is 15.5. The van der Waals surface area contributed by atoms with Crippen LogP contribution in [-0.4, -0.2) is 44.8 Å². The van der Waals surface area contributed by atoms with E-state index in [2.05, 4.69) is 25.6 Å². The molecule has 0 unspecified atom stereocenters. The maximum Gasteiger partial charge on any atom is 0.224 e. The fourth-order valence-corrected chi connectivity index (χ4v) is 4.34. The average molecular weight is 464 g/mol. The van der Waals surface area contributed by atoms with Gasteiger partial charge >= 0.3 is 0 Å². The number of hydrogen-bond donors (Lipinski definition) is 3. The van der Waals surface area contributed by atoms with Crippen molar-refractivity contribution in [2.45, 2.75) is 57.7 Å². The van der Waals surface area contributed by atoms with Gasteiger partial charge in [0, 0.05) is 30.8 Å². The maximum absolute atomic E-state index is 14.3. The smallest absolute Gasteiger partial charge is 0.224 e. The quantitative estimate of drug-likeness (QED) is 0.519. The van der Waals surface area contributed by atoms with Gasteiger partial charge in [0.2, 0.25) is 11.9 Å². The fraction of sp³-hybridized carbons (Fsp3) is 0.500. The van der Waals surface area contributed by atoms with Crippen LogP contribution in [0, 0.1) is 17.5 Å². The molecule has 0 bridgehead atoms. The molecule has 0 spiro atoms. The lowest BCUT2D eigenvalue weighted by Crippen LogP contribution is -2.33. The molecule has 1 aliphatic heterocycles. The lowest BCUT2D eigenvalue weighted by atomic mass is 9.92. The molecule has 11 heteroatoms. The fourth-order valence-electron chi connectivity index (χ4n) is 4.34. The van der Waals surface area contributed by atoms with Gasteiger partial charge in [-0.2, -0.15) is 4.98 Å². The number of hydrogen-bond acceptors (Lipinski definition) is 7. The molecule has 2 fully saturated rings. The summed E-state index contributed by atoms with van der Waals surface area (Å²) in [5, 5.41) is 6.05. The summed E-state index contributed by atoms with van der Waals surface area (Å²) in [4.78, 5) is 13.5. The van der Waals surface area contributed by atoms with Crippen LogP contribution >= 0.6 is 0 Å². The zero-order valence-corrected chi connectivity index (χ0v) is 17.3. The topological polar surface area (TPSA) is 103 Å². The standard InChI is InChI=1S/C21H24F3N7O.CH4/c22-11-7-15(23)18(16(24)8-11)29-21-28-17-9-26-20(27-13-3-1-12(25)2-4-13)30-19(17)31(21)14-5-6-32-10-14;/h7-9,12-14H,1-6,10,25H2,(H,28,29)(H,26,27,30);1H4/t12?,13?,14-;/m0./s1. The van der Waals surface area contributed by atoms with Crippen LogP contribution in [0.3, 0.4) is 0 Å². The normalized spacial score (nSPS) is 22.8. The molecule has 178 valence electrons. The second-order valence-electron chi connectivity index (χ2n) is 8.35. The van der Waals surface area contributed by atoms with Crippen LogP contribution in [0.4, 0.5) is 30.8 Å². The number of fused-ring (bicyclic) bond motifs is 1. The van der Waals surface area contributed by atoms with Gasteiger partial charge in [0.25, 0.3) is 0 Å². The molecule has 2 aliphatic rings. The molecule has 3 aromatic rings. The Balaban J connectivity index is 0.00000259. The Morgan fingerprint density at radius 2 is 1.76 bits per heavy atom. The minimum absolute atomic E-state index is 0. The molecule has 3 heterocycles. The predicted octanol–water partition coefficient (Wildman–Crippen LogP) is 4.27. The zero-order chi connectivity index (χ0) is 22.2. The number of halogens is 3. The third-order valence-electron chi connectivity index (χ3n) is 6.05. The molecule has 1 saturated heterocycles. The van der Waals surface area contributed by atoms with Gasteiger partial charge in [0.1, 0.15) is 17.0 Å². The van der Waals surface area contributed by atoms with Crippen LogP contribution in [0.1, 0.15) is 45.6 Å². The van der Waals surface area contributed by atoms with Crippen molar-refractivity contribution < 1.29 is 17.9 Å². The highest BCUT2D eigenvalue weighted by atomic mass is 19.1. The van der Waals surface area contributed by atoms with Crippen molar-refractivity contribution in [3.05, 3.63) is 35.8 Å². The van der Waals surface area contributed by atoms with E-state index in [1.807, 2.05) is 0 Å². The number of nitrogens with two attached hydrogens (primary N) is 1. The van der Waals surface area contributed by atoms with E-state index in [1.54, 1.807) is 10.8 Å². The van der Waals surface area contributed by atoms with Crippen molar-refractivity contribution in [2.75, 3.05) is 23.8 Å². The van der Waals surface area contributed by atoms with E-state index in [-0.39, 0.29) is 31.5 Å². The molecular formula is C22H28F3N7O. The van der Waals surface area contributed by atoms with Crippen molar-refractivity contribution in [1.29, 1.82) is 0 Å². The molecule has 33 heavy (non-hydrogen) atoms. The highest BCUT2D eigenvalue weighted by Crippen LogP contribution is 2.32. The Hall–Kier alpha value is -2.92. The van der Waals surface area contributed by atoms with Gasteiger partial charge in [-0.15, -0.1) is 0 Å². The lowest BCUT2D eigenvalue weighted by molar-refractivity contribution is 0.187. The molecule has 0 radical (unpaired) electrons. The first-order valence-electron chi connectivity index (χ1n) is 10.7. The second kappa shape index (κ2) is 9.52. The summed E-state index contributed by atoms with van der Waals surface area (Å²) in [6, 6.07) is 1.59. The van der Waals surface area contributed by atoms with Crippen LogP contribution in [0.2, 0.25) is 0 Å². The molecular weight excluding hydrogens is 435 g/mol. The van der Waals surface area contributed by atoms with Crippen molar-refractivity contribution in [1.82, 2.24) is 19.5 Å². The molecule has 0 amide bonds. The Kier molecular flexibility index (Phi) is 6.71. The van der Waals surface area contributed by atoms with E-state index in [0.717, 1.165) is 25.7 Å². The van der Waals surface area contributed by atoms with Crippen molar-refractivity contribution in [3.8, 4) is 0 Å². The highest BCUT2D eigenvalue weighted by Gasteiger charge is 2.27. The number of imidazole rings is 1. The first kappa shape index (κ1) is 23.2. The van der Waals surface area contributed by atoms with E-state index < -0.39 is 23.1 Å². The van der Waals surface area contributed by atoms with E-state index >= 15 is 0 Å². The van der Waals surface area contributed by atoms with Gasteiger partial charge in [0.05, 0.1) is 18.8 Å². The maximum atomic E-state index is 14.3. The number of nitrogens with zero attached hydrogens (tertiary/aromatic N) is 4. The predicted molar refractivity (Wildman–Crippen MR) is 120 cm³/mol. The molecule has 5 rings (SSSR count). The lowest BCUT2D eigenvalue weighted by Gasteiger charge is -2.26. The van der Waals surface area contributed by atoms with Gasteiger partial charge in [-0.3, -0.25) is 4.57 Å². The Morgan fingerprint density at radius 1 is 1.03 bits per heavy atom. The highest BCUT2D eigenvalue weighted by molar-refractivity contribution is 5.76. The molecule has 1 saturated carbocycles. The number of anilines is 3. The molecule has 4 N–H and O–H groups in total. The van der Waals surface area contributed by atoms with Crippen molar-refractivity contribution in [2.24, 2.45) is 5.73 Å². The van der Waals surface area contributed by atoms with Gasteiger partial charge in [-0.1, -0.05) is 7.43 Å². The van der Waals surface area contributed by atoms with Crippen LogP contribution in [0.5, 0.6) is 0 Å². The number of ether oxygens (including phenoxy) is 1. The minimum Gasteiger partial charge on any atom is -0.379 e. The van der Waals surface area contributed by atoms with E-state index in [0.29, 0.717) is 48.9 Å². The number of nitrogens with one attached hydrogen (secondary N) is 2. The molecule has 1 aromatic carbocycles.